The number of hydrogen-bond donors (Lipinski definition) is 1. The van der Waals surface area contributed by atoms with Gasteiger partial charge in [0.25, 0.3) is 0 Å². The minimum absolute atomic E-state index is 0.0139. The third kappa shape index (κ3) is 3.75. The van der Waals surface area contributed by atoms with Gasteiger partial charge in [-0.25, -0.2) is 8.42 Å². The van der Waals surface area contributed by atoms with Crippen LogP contribution in [0.15, 0.2) is 11.1 Å². The highest BCUT2D eigenvalue weighted by Gasteiger charge is 2.27. The maximum absolute atomic E-state index is 10.9. The standard InChI is InChI=1S/C7H15NO4S/c1-7(11-2,12-3)6(8)5-13(4,9)10/h5H,8H2,1-4H3/b6-5-. The van der Waals surface area contributed by atoms with Crippen LogP contribution in [0.5, 0.6) is 0 Å². The quantitative estimate of drug-likeness (QED) is 0.651. The SMILES string of the molecule is COC(C)(OC)/C(N)=C/S(C)(=O)=O. The molecule has 0 atom stereocenters. The zero-order chi connectivity index (χ0) is 10.7. The molecule has 0 fully saturated rings. The third-order valence-corrected chi connectivity index (χ3v) is 2.33. The first-order valence-corrected chi connectivity index (χ1v) is 5.48. The topological polar surface area (TPSA) is 78.6 Å². The molecule has 0 unspecified atom stereocenters. The molecule has 6 heteroatoms. The van der Waals surface area contributed by atoms with E-state index in [1.165, 1.54) is 21.1 Å². The highest BCUT2D eigenvalue weighted by Crippen LogP contribution is 2.17. The van der Waals surface area contributed by atoms with Gasteiger partial charge < -0.3 is 15.2 Å². The Labute approximate surface area is 78.4 Å². The minimum atomic E-state index is -3.27. The molecule has 0 aromatic carbocycles. The van der Waals surface area contributed by atoms with Crippen molar-refractivity contribution in [1.29, 1.82) is 0 Å². The zero-order valence-corrected chi connectivity index (χ0v) is 9.01. The number of methoxy groups -OCH3 is 2. The van der Waals surface area contributed by atoms with Crippen molar-refractivity contribution in [1.82, 2.24) is 0 Å². The van der Waals surface area contributed by atoms with Gasteiger partial charge in [-0.3, -0.25) is 0 Å². The molecule has 0 radical (unpaired) electrons. The average Bonchev–Trinajstić information content (AvgIpc) is 2.00. The first-order valence-electron chi connectivity index (χ1n) is 3.53. The lowest BCUT2D eigenvalue weighted by molar-refractivity contribution is -0.165. The van der Waals surface area contributed by atoms with E-state index in [-0.39, 0.29) is 5.70 Å². The van der Waals surface area contributed by atoms with Crippen molar-refractivity contribution in [2.45, 2.75) is 12.7 Å². The molecular formula is C7H15NO4S. The molecule has 0 amide bonds. The number of nitrogens with two attached hydrogens (primary N) is 1. The van der Waals surface area contributed by atoms with Crippen LogP contribution in [0.3, 0.4) is 0 Å². The minimum Gasteiger partial charge on any atom is -0.397 e. The summed E-state index contributed by atoms with van der Waals surface area (Å²) >= 11 is 0. The van der Waals surface area contributed by atoms with E-state index < -0.39 is 15.6 Å². The van der Waals surface area contributed by atoms with Crippen molar-refractivity contribution in [2.75, 3.05) is 20.5 Å². The van der Waals surface area contributed by atoms with Crippen LogP contribution in [-0.4, -0.2) is 34.7 Å². The molecule has 5 nitrogen and oxygen atoms in total. The van der Waals surface area contributed by atoms with Gasteiger partial charge in [0, 0.05) is 20.5 Å². The second-order valence-electron chi connectivity index (χ2n) is 2.76. The molecule has 13 heavy (non-hydrogen) atoms. The maximum atomic E-state index is 10.9. The Bertz CT molecular complexity index is 290. The fraction of sp³-hybridized carbons (Fsp3) is 0.714. The summed E-state index contributed by atoms with van der Waals surface area (Å²) in [5.41, 5.74) is 5.51. The Hall–Kier alpha value is -0.590. The Kier molecular flexibility index (Phi) is 3.89. The summed E-state index contributed by atoms with van der Waals surface area (Å²) < 4.78 is 31.5. The predicted octanol–water partition coefficient (Wildman–Crippen LogP) is -0.160. The van der Waals surface area contributed by atoms with Gasteiger partial charge in [0.15, 0.2) is 9.84 Å². The third-order valence-electron chi connectivity index (χ3n) is 1.64. The molecule has 0 aliphatic carbocycles. The molecule has 2 N–H and O–H groups in total. The Morgan fingerprint density at radius 3 is 2.00 bits per heavy atom. The summed E-state index contributed by atoms with van der Waals surface area (Å²) in [6, 6.07) is 0. The van der Waals surface area contributed by atoms with Crippen LogP contribution in [-0.2, 0) is 19.3 Å². The average molecular weight is 209 g/mol. The van der Waals surface area contributed by atoms with E-state index >= 15 is 0 Å². The van der Waals surface area contributed by atoms with Crippen LogP contribution in [0.1, 0.15) is 6.92 Å². The molecule has 0 spiro atoms. The van der Waals surface area contributed by atoms with Crippen molar-refractivity contribution in [3.8, 4) is 0 Å². The van der Waals surface area contributed by atoms with Crippen molar-refractivity contribution in [3.05, 3.63) is 11.1 Å². The predicted molar refractivity (Wildman–Crippen MR) is 49.5 cm³/mol. The number of ether oxygens (including phenoxy) is 2. The van der Waals surface area contributed by atoms with E-state index in [1.807, 2.05) is 0 Å². The van der Waals surface area contributed by atoms with Crippen LogP contribution >= 0.6 is 0 Å². The zero-order valence-electron chi connectivity index (χ0n) is 8.20. The van der Waals surface area contributed by atoms with Crippen LogP contribution in [0.25, 0.3) is 0 Å². The molecular weight excluding hydrogens is 194 g/mol. The largest absolute Gasteiger partial charge is 0.397 e. The van der Waals surface area contributed by atoms with Gasteiger partial charge in [-0.05, 0) is 6.92 Å². The molecule has 0 saturated carbocycles. The van der Waals surface area contributed by atoms with Gasteiger partial charge in [0.05, 0.1) is 11.1 Å². The van der Waals surface area contributed by atoms with Crippen molar-refractivity contribution in [3.63, 3.8) is 0 Å². The Morgan fingerprint density at radius 1 is 1.38 bits per heavy atom. The van der Waals surface area contributed by atoms with Crippen molar-refractivity contribution >= 4 is 9.84 Å². The van der Waals surface area contributed by atoms with Gasteiger partial charge in [-0.1, -0.05) is 0 Å². The van der Waals surface area contributed by atoms with Crippen LogP contribution < -0.4 is 5.73 Å². The van der Waals surface area contributed by atoms with E-state index in [9.17, 15) is 8.42 Å². The summed E-state index contributed by atoms with van der Waals surface area (Å²) in [4.78, 5) is 0. The Morgan fingerprint density at radius 2 is 1.77 bits per heavy atom. The van der Waals surface area contributed by atoms with E-state index in [0.29, 0.717) is 0 Å². The summed E-state index contributed by atoms with van der Waals surface area (Å²) in [5, 5.41) is 0.917. The summed E-state index contributed by atoms with van der Waals surface area (Å²) in [6.45, 7) is 1.53. The summed E-state index contributed by atoms with van der Waals surface area (Å²) in [6.07, 6.45) is 1.05. The number of hydrogen-bond acceptors (Lipinski definition) is 5. The second-order valence-corrected chi connectivity index (χ2v) is 4.65. The fourth-order valence-electron chi connectivity index (χ4n) is 0.657. The fourth-order valence-corrected chi connectivity index (χ4v) is 1.33. The van der Waals surface area contributed by atoms with Crippen LogP contribution in [0.4, 0.5) is 0 Å². The first-order chi connectivity index (χ1) is 5.75. The van der Waals surface area contributed by atoms with E-state index in [0.717, 1.165) is 11.7 Å². The lowest BCUT2D eigenvalue weighted by Gasteiger charge is -2.26. The lowest BCUT2D eigenvalue weighted by atomic mass is 10.2. The van der Waals surface area contributed by atoms with Gasteiger partial charge >= 0.3 is 0 Å². The monoisotopic (exact) mass is 209 g/mol. The molecule has 0 bridgehead atoms. The molecule has 0 saturated heterocycles. The summed E-state index contributed by atoms with van der Waals surface area (Å²) in [5.74, 6) is -1.19. The normalized spacial score (nSPS) is 14.6. The van der Waals surface area contributed by atoms with Gasteiger partial charge in [0.2, 0.25) is 5.79 Å². The molecule has 0 aromatic rings. The summed E-state index contributed by atoms with van der Waals surface area (Å²) in [7, 11) is -0.511. The molecule has 0 rings (SSSR count). The maximum Gasteiger partial charge on any atom is 0.206 e. The van der Waals surface area contributed by atoms with E-state index in [1.54, 1.807) is 0 Å². The second kappa shape index (κ2) is 4.08. The van der Waals surface area contributed by atoms with E-state index in [4.69, 9.17) is 15.2 Å². The number of sulfone groups is 1. The van der Waals surface area contributed by atoms with Crippen molar-refractivity contribution in [2.24, 2.45) is 5.73 Å². The highest BCUT2D eigenvalue weighted by molar-refractivity contribution is 7.93. The van der Waals surface area contributed by atoms with Crippen molar-refractivity contribution < 1.29 is 17.9 Å². The number of rotatable bonds is 4. The lowest BCUT2D eigenvalue weighted by Crippen LogP contribution is -2.36. The molecule has 0 aromatic heterocycles. The highest BCUT2D eigenvalue weighted by atomic mass is 32.2. The molecule has 0 aliphatic rings. The smallest absolute Gasteiger partial charge is 0.206 e. The van der Waals surface area contributed by atoms with Gasteiger partial charge in [-0.15, -0.1) is 0 Å². The van der Waals surface area contributed by atoms with Gasteiger partial charge in [-0.2, -0.15) is 0 Å². The first kappa shape index (κ1) is 12.4. The molecule has 78 valence electrons. The molecule has 0 heterocycles. The van der Waals surface area contributed by atoms with Crippen LogP contribution in [0, 0.1) is 0 Å². The Balaban J connectivity index is 4.97. The van der Waals surface area contributed by atoms with Crippen LogP contribution in [0.2, 0.25) is 0 Å². The van der Waals surface area contributed by atoms with E-state index in [2.05, 4.69) is 0 Å². The molecule has 0 aliphatic heterocycles. The van der Waals surface area contributed by atoms with Gasteiger partial charge in [0.1, 0.15) is 0 Å².